The molecule has 3 amide bonds. The number of urea groups is 1. The van der Waals surface area contributed by atoms with E-state index in [2.05, 4.69) is 5.32 Å². The van der Waals surface area contributed by atoms with Crippen LogP contribution >= 0.6 is 11.8 Å². The number of benzene rings is 2. The van der Waals surface area contributed by atoms with Crippen LogP contribution in [0.2, 0.25) is 0 Å². The number of alkyl halides is 2. The molecule has 1 saturated heterocycles. The van der Waals surface area contributed by atoms with Gasteiger partial charge in [-0.15, -0.1) is 0 Å². The molecule has 1 N–H and O–H groups in total. The van der Waals surface area contributed by atoms with E-state index in [1.165, 1.54) is 13.2 Å². The van der Waals surface area contributed by atoms with Gasteiger partial charge in [-0.2, -0.15) is 8.78 Å². The molecular weight excluding hydrogens is 386 g/mol. The lowest BCUT2D eigenvalue weighted by atomic mass is 9.88. The van der Waals surface area contributed by atoms with Crippen molar-refractivity contribution in [3.05, 3.63) is 59.2 Å². The van der Waals surface area contributed by atoms with Crippen molar-refractivity contribution in [2.24, 2.45) is 0 Å². The normalized spacial score (nSPS) is 19.3. The van der Waals surface area contributed by atoms with Gasteiger partial charge in [0, 0.05) is 0 Å². The summed E-state index contributed by atoms with van der Waals surface area (Å²) in [5.74, 6) is -2.66. The van der Waals surface area contributed by atoms with Crippen LogP contribution in [0, 0.1) is 6.92 Å². The average molecular weight is 406 g/mol. The Labute approximate surface area is 166 Å². The van der Waals surface area contributed by atoms with Crippen molar-refractivity contribution < 1.29 is 23.1 Å². The quantitative estimate of drug-likeness (QED) is 0.575. The van der Waals surface area contributed by atoms with E-state index in [4.69, 9.17) is 4.74 Å². The summed E-state index contributed by atoms with van der Waals surface area (Å²) in [6.45, 7) is 3.58. The van der Waals surface area contributed by atoms with E-state index in [9.17, 15) is 18.4 Å². The van der Waals surface area contributed by atoms with Crippen LogP contribution in [-0.2, 0) is 16.9 Å². The summed E-state index contributed by atoms with van der Waals surface area (Å²) in [6, 6.07) is 11.6. The minimum absolute atomic E-state index is 0.0160. The fraction of sp³-hybridized carbons (Fsp3) is 0.300. The molecule has 0 radical (unpaired) electrons. The number of aryl methyl sites for hydroxylation is 1. The van der Waals surface area contributed by atoms with Crippen molar-refractivity contribution in [1.29, 1.82) is 0 Å². The molecule has 0 aliphatic carbocycles. The molecule has 1 heterocycles. The smallest absolute Gasteiger partial charge is 0.325 e. The fourth-order valence-electron chi connectivity index (χ4n) is 3.34. The number of hydrogen-bond donors (Lipinski definition) is 1. The molecular formula is C20H20F2N2O3S. The zero-order valence-corrected chi connectivity index (χ0v) is 16.5. The van der Waals surface area contributed by atoms with Crippen LogP contribution in [0.4, 0.5) is 13.6 Å². The van der Waals surface area contributed by atoms with Crippen LogP contribution in [0.5, 0.6) is 5.75 Å². The van der Waals surface area contributed by atoms with Gasteiger partial charge in [-0.05, 0) is 42.7 Å². The first kappa shape index (κ1) is 20.1. The van der Waals surface area contributed by atoms with E-state index in [1.807, 2.05) is 31.2 Å². The van der Waals surface area contributed by atoms with Gasteiger partial charge in [-0.3, -0.25) is 9.69 Å². The third kappa shape index (κ3) is 3.69. The van der Waals surface area contributed by atoms with Gasteiger partial charge in [0.2, 0.25) is 0 Å². The maximum absolute atomic E-state index is 13.1. The van der Waals surface area contributed by atoms with E-state index in [1.54, 1.807) is 19.1 Å². The number of nitrogens with zero attached hydrogens (tertiary/aromatic N) is 1. The van der Waals surface area contributed by atoms with Crippen molar-refractivity contribution in [3.63, 3.8) is 0 Å². The zero-order valence-electron chi connectivity index (χ0n) is 15.7. The maximum Gasteiger partial charge on any atom is 0.325 e. The second-order valence-corrected chi connectivity index (χ2v) is 7.66. The Bertz CT molecular complexity index is 922. The highest BCUT2D eigenvalue weighted by atomic mass is 32.2. The summed E-state index contributed by atoms with van der Waals surface area (Å²) in [5, 5.41) is 2.78. The molecule has 28 heavy (non-hydrogen) atoms. The SMILES string of the molecule is COc1cc(CN2C(=O)NC(C)(c3ccccc3C)C2=O)ccc1SC(F)F. The van der Waals surface area contributed by atoms with Crippen molar-refractivity contribution in [2.45, 2.75) is 36.6 Å². The van der Waals surface area contributed by atoms with Gasteiger partial charge in [0.1, 0.15) is 11.3 Å². The Hall–Kier alpha value is -2.61. The Morgan fingerprint density at radius 3 is 2.57 bits per heavy atom. The second-order valence-electron chi connectivity index (χ2n) is 6.63. The summed E-state index contributed by atoms with van der Waals surface area (Å²) in [6.07, 6.45) is 0. The molecule has 148 valence electrons. The second kappa shape index (κ2) is 7.79. The highest BCUT2D eigenvalue weighted by Gasteiger charge is 2.49. The zero-order chi connectivity index (χ0) is 20.5. The van der Waals surface area contributed by atoms with E-state index < -0.39 is 17.3 Å². The molecule has 0 bridgehead atoms. The lowest BCUT2D eigenvalue weighted by Crippen LogP contribution is -2.41. The first-order valence-corrected chi connectivity index (χ1v) is 9.46. The molecule has 1 fully saturated rings. The van der Waals surface area contributed by atoms with Crippen molar-refractivity contribution >= 4 is 23.7 Å². The first-order chi connectivity index (χ1) is 13.3. The van der Waals surface area contributed by atoms with Crippen molar-refractivity contribution in [2.75, 3.05) is 7.11 Å². The monoisotopic (exact) mass is 406 g/mol. The number of imide groups is 1. The van der Waals surface area contributed by atoms with Crippen molar-refractivity contribution in [3.8, 4) is 5.75 Å². The van der Waals surface area contributed by atoms with Gasteiger partial charge in [-0.25, -0.2) is 4.79 Å². The molecule has 5 nitrogen and oxygen atoms in total. The summed E-state index contributed by atoms with van der Waals surface area (Å²) in [7, 11) is 1.39. The van der Waals surface area contributed by atoms with Crippen LogP contribution in [0.15, 0.2) is 47.4 Å². The molecule has 8 heteroatoms. The first-order valence-electron chi connectivity index (χ1n) is 8.58. The number of thioether (sulfide) groups is 1. The molecule has 0 saturated carbocycles. The number of rotatable bonds is 6. The highest BCUT2D eigenvalue weighted by Crippen LogP contribution is 2.35. The molecule has 3 rings (SSSR count). The Morgan fingerprint density at radius 1 is 1.21 bits per heavy atom. The fourth-order valence-corrected chi connectivity index (χ4v) is 3.94. The predicted octanol–water partition coefficient (Wildman–Crippen LogP) is 4.29. The van der Waals surface area contributed by atoms with Crippen LogP contribution in [0.3, 0.4) is 0 Å². The van der Waals surface area contributed by atoms with Gasteiger partial charge in [-0.1, -0.05) is 42.1 Å². The lowest BCUT2D eigenvalue weighted by molar-refractivity contribution is -0.131. The Morgan fingerprint density at radius 2 is 1.93 bits per heavy atom. The topological polar surface area (TPSA) is 58.6 Å². The molecule has 2 aromatic rings. The van der Waals surface area contributed by atoms with Gasteiger partial charge in [0.15, 0.2) is 0 Å². The minimum Gasteiger partial charge on any atom is -0.496 e. The van der Waals surface area contributed by atoms with E-state index >= 15 is 0 Å². The number of ether oxygens (including phenoxy) is 1. The molecule has 0 spiro atoms. The molecule has 1 aliphatic rings. The Balaban J connectivity index is 1.86. The standard InChI is InChI=1S/C20H20F2N2O3S/c1-12-6-4-5-7-14(12)20(2)17(25)24(19(26)23-20)11-13-8-9-16(28-18(21)22)15(10-13)27-3/h4-10,18H,11H2,1-3H3,(H,23,26). The lowest BCUT2D eigenvalue weighted by Gasteiger charge is -2.24. The Kier molecular flexibility index (Phi) is 5.60. The average Bonchev–Trinajstić information content (AvgIpc) is 2.86. The number of methoxy groups -OCH3 is 1. The molecule has 1 atom stereocenters. The van der Waals surface area contributed by atoms with Gasteiger partial charge in [0.25, 0.3) is 11.7 Å². The number of nitrogens with one attached hydrogen (secondary N) is 1. The van der Waals surface area contributed by atoms with Gasteiger partial charge >= 0.3 is 6.03 Å². The molecule has 1 aliphatic heterocycles. The van der Waals surface area contributed by atoms with Crippen LogP contribution in [0.25, 0.3) is 0 Å². The van der Waals surface area contributed by atoms with E-state index in [-0.39, 0.29) is 18.2 Å². The minimum atomic E-state index is -2.57. The van der Waals surface area contributed by atoms with Gasteiger partial charge < -0.3 is 10.1 Å². The molecule has 0 aromatic heterocycles. The third-order valence-electron chi connectivity index (χ3n) is 4.74. The summed E-state index contributed by atoms with van der Waals surface area (Å²) < 4.78 is 30.5. The van der Waals surface area contributed by atoms with Gasteiger partial charge in [0.05, 0.1) is 18.6 Å². The number of amides is 3. The maximum atomic E-state index is 13.1. The number of carbonyl (C=O) groups is 2. The number of halogens is 2. The van der Waals surface area contributed by atoms with Crippen LogP contribution in [0.1, 0.15) is 23.6 Å². The third-order valence-corrected chi connectivity index (χ3v) is 5.51. The number of carbonyl (C=O) groups excluding carboxylic acids is 2. The molecule has 2 aromatic carbocycles. The van der Waals surface area contributed by atoms with E-state index in [0.29, 0.717) is 22.2 Å². The number of hydrogen-bond acceptors (Lipinski definition) is 4. The van der Waals surface area contributed by atoms with Crippen molar-refractivity contribution in [1.82, 2.24) is 10.2 Å². The van der Waals surface area contributed by atoms with Crippen LogP contribution < -0.4 is 10.1 Å². The summed E-state index contributed by atoms with van der Waals surface area (Å²) in [5.41, 5.74) is 1.08. The highest BCUT2D eigenvalue weighted by molar-refractivity contribution is 7.99. The largest absolute Gasteiger partial charge is 0.496 e. The predicted molar refractivity (Wildman–Crippen MR) is 102 cm³/mol. The van der Waals surface area contributed by atoms with Crippen LogP contribution in [-0.4, -0.2) is 29.7 Å². The van der Waals surface area contributed by atoms with E-state index in [0.717, 1.165) is 16.0 Å². The molecule has 1 unspecified atom stereocenters. The summed E-state index contributed by atoms with van der Waals surface area (Å²) >= 11 is 0.383. The summed E-state index contributed by atoms with van der Waals surface area (Å²) in [4.78, 5) is 27.0.